The Kier molecular flexibility index (Phi) is 3.18. The van der Waals surface area contributed by atoms with Crippen LogP contribution in [0.3, 0.4) is 0 Å². The molecule has 102 valence electrons. The maximum absolute atomic E-state index is 12.8. The highest BCUT2D eigenvalue weighted by Gasteiger charge is 2.60. The lowest BCUT2D eigenvalue weighted by atomic mass is 10.1. The summed E-state index contributed by atoms with van der Waals surface area (Å²) in [7, 11) is 0. The predicted octanol–water partition coefficient (Wildman–Crippen LogP) is 3.85. The number of carbonyl (C=O) groups is 1. The number of hydrogen-bond donors (Lipinski definition) is 1. The number of rotatable bonds is 1. The van der Waals surface area contributed by atoms with Crippen molar-refractivity contribution in [1.82, 2.24) is 0 Å². The van der Waals surface area contributed by atoms with Gasteiger partial charge in [-0.15, -0.1) is 0 Å². The minimum Gasteiger partial charge on any atom is -0.478 e. The molecule has 1 atom stereocenters. The normalized spacial score (nSPS) is 22.3. The van der Waals surface area contributed by atoms with Crippen LogP contribution in [-0.4, -0.2) is 22.3 Å². The number of alkyl halides is 4. The van der Waals surface area contributed by atoms with Gasteiger partial charge in [0.25, 0.3) is 0 Å². The highest BCUT2D eigenvalue weighted by molar-refractivity contribution is 6.41. The van der Waals surface area contributed by atoms with Gasteiger partial charge in [-0.05, 0) is 24.3 Å². The van der Waals surface area contributed by atoms with Crippen LogP contribution in [0.4, 0.5) is 13.2 Å². The second-order valence-electron chi connectivity index (χ2n) is 3.75. The number of hydrogen-bond acceptors (Lipinski definition) is 2. The van der Waals surface area contributed by atoms with Crippen molar-refractivity contribution in [2.45, 2.75) is 11.2 Å². The Labute approximate surface area is 115 Å². The quantitative estimate of drug-likeness (QED) is 0.801. The van der Waals surface area contributed by atoms with E-state index < -0.39 is 22.2 Å². The Bertz CT molecular complexity index is 583. The minimum atomic E-state index is -4.91. The average molecular weight is 313 g/mol. The molecule has 1 heterocycles. The van der Waals surface area contributed by atoms with E-state index in [2.05, 4.69) is 4.74 Å². The summed E-state index contributed by atoms with van der Waals surface area (Å²) in [6.07, 6.45) is -3.97. The molecule has 0 bridgehead atoms. The summed E-state index contributed by atoms with van der Waals surface area (Å²) >= 11 is 10.9. The molecule has 0 fully saturated rings. The van der Waals surface area contributed by atoms with Gasteiger partial charge in [-0.2, -0.15) is 13.2 Å². The van der Waals surface area contributed by atoms with Crippen LogP contribution in [-0.2, 0) is 0 Å². The summed E-state index contributed by atoms with van der Waals surface area (Å²) in [5.74, 6) is -1.41. The molecule has 1 N–H and O–H groups in total. The van der Waals surface area contributed by atoms with E-state index in [1.165, 1.54) is 0 Å². The summed E-state index contributed by atoms with van der Waals surface area (Å²) in [5, 5.41) is 4.86. The van der Waals surface area contributed by atoms with Gasteiger partial charge in [-0.3, -0.25) is 0 Å². The number of halogens is 5. The molecule has 1 unspecified atom stereocenters. The van der Waals surface area contributed by atoms with Gasteiger partial charge in [0, 0.05) is 5.56 Å². The van der Waals surface area contributed by atoms with Gasteiger partial charge < -0.3 is 9.84 Å². The van der Waals surface area contributed by atoms with Gasteiger partial charge >= 0.3 is 17.2 Å². The van der Waals surface area contributed by atoms with E-state index in [0.717, 1.165) is 24.3 Å². The lowest BCUT2D eigenvalue weighted by Crippen LogP contribution is -2.46. The molecule has 0 spiro atoms. The Hall–Kier alpha value is -1.40. The number of benzene rings is 1. The van der Waals surface area contributed by atoms with E-state index >= 15 is 0 Å². The maximum atomic E-state index is 12.8. The molecule has 0 saturated heterocycles. The van der Waals surface area contributed by atoms with Crippen LogP contribution in [0.15, 0.2) is 23.2 Å². The summed E-state index contributed by atoms with van der Waals surface area (Å²) < 4.78 is 43.1. The van der Waals surface area contributed by atoms with Crippen molar-refractivity contribution in [2.24, 2.45) is 0 Å². The van der Waals surface area contributed by atoms with Crippen LogP contribution < -0.4 is 4.74 Å². The Morgan fingerprint density at radius 2 is 2.00 bits per heavy atom. The van der Waals surface area contributed by atoms with Crippen LogP contribution in [0, 0.1) is 0 Å². The first-order valence-corrected chi connectivity index (χ1v) is 5.60. The number of aromatic carboxylic acids is 1. The van der Waals surface area contributed by atoms with Crippen molar-refractivity contribution in [3.05, 3.63) is 34.4 Å². The molecule has 8 heteroatoms. The zero-order valence-corrected chi connectivity index (χ0v) is 10.5. The second-order valence-corrected chi connectivity index (χ2v) is 4.68. The molecule has 0 aliphatic carbocycles. The molecule has 19 heavy (non-hydrogen) atoms. The molecule has 0 saturated carbocycles. The molecule has 2 rings (SSSR count). The van der Waals surface area contributed by atoms with E-state index in [0.29, 0.717) is 0 Å². The topological polar surface area (TPSA) is 46.5 Å². The standard InChI is InChI=1S/C11H5Cl2F3O3/c12-8-4-6-3-5(9(17)18)1-2-7(6)19-10(8,13)11(14,15)16/h1-4H,(H,17,18). The van der Waals surface area contributed by atoms with Crippen LogP contribution in [0.1, 0.15) is 15.9 Å². The Balaban J connectivity index is 2.52. The molecular formula is C11H5Cl2F3O3. The lowest BCUT2D eigenvalue weighted by molar-refractivity contribution is -0.199. The maximum Gasteiger partial charge on any atom is 0.449 e. The zero-order chi connectivity index (χ0) is 14.4. The number of ether oxygens (including phenoxy) is 1. The Morgan fingerprint density at radius 1 is 1.37 bits per heavy atom. The lowest BCUT2D eigenvalue weighted by Gasteiger charge is -2.33. The second kappa shape index (κ2) is 4.31. The van der Waals surface area contributed by atoms with Crippen molar-refractivity contribution >= 4 is 35.2 Å². The van der Waals surface area contributed by atoms with E-state index in [1.807, 2.05) is 0 Å². The molecule has 0 radical (unpaired) electrons. The number of fused-ring (bicyclic) bond motifs is 1. The fraction of sp³-hybridized carbons (Fsp3) is 0.182. The van der Waals surface area contributed by atoms with E-state index in [1.54, 1.807) is 0 Å². The smallest absolute Gasteiger partial charge is 0.449 e. The molecule has 0 amide bonds. The van der Waals surface area contributed by atoms with E-state index in [4.69, 9.17) is 28.3 Å². The van der Waals surface area contributed by atoms with Gasteiger partial charge in [0.15, 0.2) is 0 Å². The first-order valence-electron chi connectivity index (χ1n) is 4.85. The van der Waals surface area contributed by atoms with E-state index in [9.17, 15) is 18.0 Å². The molecule has 0 aromatic heterocycles. The van der Waals surface area contributed by atoms with Crippen LogP contribution in [0.25, 0.3) is 6.08 Å². The van der Waals surface area contributed by atoms with Crippen molar-refractivity contribution in [3.63, 3.8) is 0 Å². The molecular weight excluding hydrogens is 308 g/mol. The highest BCUT2D eigenvalue weighted by atomic mass is 35.5. The van der Waals surface area contributed by atoms with Gasteiger partial charge in [0.1, 0.15) is 5.75 Å². The zero-order valence-electron chi connectivity index (χ0n) is 8.96. The summed E-state index contributed by atoms with van der Waals surface area (Å²) in [6.45, 7) is 0. The molecule has 3 nitrogen and oxygen atoms in total. The highest BCUT2D eigenvalue weighted by Crippen LogP contribution is 2.49. The van der Waals surface area contributed by atoms with Crippen LogP contribution >= 0.6 is 23.2 Å². The third-order valence-corrected chi connectivity index (χ3v) is 3.43. The average Bonchev–Trinajstić information content (AvgIpc) is 2.28. The third kappa shape index (κ3) is 2.26. The fourth-order valence-electron chi connectivity index (χ4n) is 1.51. The predicted molar refractivity (Wildman–Crippen MR) is 62.5 cm³/mol. The van der Waals surface area contributed by atoms with Crippen molar-refractivity contribution < 1.29 is 27.8 Å². The first kappa shape index (κ1) is 14.0. The Morgan fingerprint density at radius 3 is 2.53 bits per heavy atom. The largest absolute Gasteiger partial charge is 0.478 e. The summed E-state index contributed by atoms with van der Waals surface area (Å²) in [5.41, 5.74) is 0.0163. The molecule has 1 aliphatic rings. The molecule has 1 aromatic rings. The summed E-state index contributed by atoms with van der Waals surface area (Å²) in [6, 6.07) is 3.36. The SMILES string of the molecule is O=C(O)c1ccc2c(c1)C=C(Cl)C(Cl)(C(F)(F)F)O2. The van der Waals surface area contributed by atoms with Gasteiger partial charge in [-0.25, -0.2) is 4.79 Å². The van der Waals surface area contributed by atoms with Crippen LogP contribution in [0.5, 0.6) is 5.75 Å². The minimum absolute atomic E-state index is 0.0999. The fourth-order valence-corrected chi connectivity index (χ4v) is 1.91. The van der Waals surface area contributed by atoms with Crippen LogP contribution in [0.2, 0.25) is 0 Å². The van der Waals surface area contributed by atoms with E-state index in [-0.39, 0.29) is 16.9 Å². The number of carboxylic acid groups (broad SMARTS) is 1. The number of carboxylic acids is 1. The van der Waals surface area contributed by atoms with Crippen molar-refractivity contribution in [2.75, 3.05) is 0 Å². The molecule has 1 aromatic carbocycles. The van der Waals surface area contributed by atoms with Crippen molar-refractivity contribution in [1.29, 1.82) is 0 Å². The molecule has 1 aliphatic heterocycles. The van der Waals surface area contributed by atoms with Gasteiger partial charge in [0.2, 0.25) is 0 Å². The van der Waals surface area contributed by atoms with Gasteiger partial charge in [0.05, 0.1) is 10.6 Å². The van der Waals surface area contributed by atoms with Crippen molar-refractivity contribution in [3.8, 4) is 5.75 Å². The first-order chi connectivity index (χ1) is 8.65. The summed E-state index contributed by atoms with van der Waals surface area (Å²) in [4.78, 5) is 10.8. The monoisotopic (exact) mass is 312 g/mol. The third-order valence-electron chi connectivity index (χ3n) is 2.46. The van der Waals surface area contributed by atoms with Gasteiger partial charge in [-0.1, -0.05) is 23.2 Å².